The van der Waals surface area contributed by atoms with E-state index in [-0.39, 0.29) is 19.6 Å². The average Bonchev–Trinajstić information content (AvgIpc) is 3.12. The van der Waals surface area contributed by atoms with Crippen molar-refractivity contribution in [1.29, 1.82) is 5.26 Å². The van der Waals surface area contributed by atoms with Crippen LogP contribution < -0.4 is 5.32 Å². The number of nitriles is 1. The number of thioether (sulfide) groups is 2. The van der Waals surface area contributed by atoms with Gasteiger partial charge in [-0.3, -0.25) is 9.79 Å². The fourth-order valence-electron chi connectivity index (χ4n) is 1.91. The van der Waals surface area contributed by atoms with Gasteiger partial charge in [-0.1, -0.05) is 41.7 Å². The van der Waals surface area contributed by atoms with Crippen LogP contribution in [-0.4, -0.2) is 41.7 Å². The van der Waals surface area contributed by atoms with Gasteiger partial charge in [0.2, 0.25) is 0 Å². The molecule has 8 heteroatoms. The molecule has 0 saturated carbocycles. The first-order valence-electron chi connectivity index (χ1n) is 7.39. The normalized spacial score (nSPS) is 13.0. The topological polar surface area (TPSA) is 91.5 Å². The van der Waals surface area contributed by atoms with Gasteiger partial charge >= 0.3 is 5.97 Å². The van der Waals surface area contributed by atoms with Crippen LogP contribution >= 0.6 is 23.5 Å². The molecule has 1 heterocycles. The zero-order valence-electron chi connectivity index (χ0n) is 13.0. The van der Waals surface area contributed by atoms with Gasteiger partial charge < -0.3 is 10.1 Å². The second-order valence-corrected chi connectivity index (χ2v) is 7.08. The summed E-state index contributed by atoms with van der Waals surface area (Å²) < 4.78 is 6.09. The number of nitrogens with one attached hydrogen (secondary N) is 1. The predicted molar refractivity (Wildman–Crippen MR) is 96.0 cm³/mol. The number of carbonyl (C=O) groups excluding carboxylic acids is 2. The van der Waals surface area contributed by atoms with E-state index in [0.29, 0.717) is 11.3 Å². The molecular weight excluding hydrogens is 346 g/mol. The average molecular weight is 363 g/mol. The third kappa shape index (κ3) is 5.91. The molecule has 0 bridgehead atoms. The first-order valence-corrected chi connectivity index (χ1v) is 9.36. The highest BCUT2D eigenvalue weighted by Gasteiger charge is 2.15. The minimum absolute atomic E-state index is 0.224. The lowest BCUT2D eigenvalue weighted by molar-refractivity contribution is -0.124. The number of benzene rings is 1. The summed E-state index contributed by atoms with van der Waals surface area (Å²) in [5.74, 6) is 0.697. The Labute approximate surface area is 149 Å². The number of hydrogen-bond acceptors (Lipinski definition) is 7. The maximum absolute atomic E-state index is 12.2. The van der Waals surface area contributed by atoms with E-state index < -0.39 is 11.9 Å². The van der Waals surface area contributed by atoms with Crippen LogP contribution in [0.5, 0.6) is 0 Å². The third-order valence-electron chi connectivity index (χ3n) is 3.04. The highest BCUT2D eigenvalue weighted by Crippen LogP contribution is 2.26. The van der Waals surface area contributed by atoms with Crippen LogP contribution in [0.4, 0.5) is 0 Å². The van der Waals surface area contributed by atoms with Crippen LogP contribution in [0, 0.1) is 11.3 Å². The summed E-state index contributed by atoms with van der Waals surface area (Å²) in [6, 6.07) is 9.11. The smallest absolute Gasteiger partial charge is 0.338 e. The Bertz CT molecular complexity index is 671. The predicted octanol–water partition coefficient (Wildman–Crippen LogP) is 2.21. The van der Waals surface area contributed by atoms with E-state index >= 15 is 0 Å². The van der Waals surface area contributed by atoms with E-state index in [0.717, 1.165) is 22.2 Å². The zero-order valence-corrected chi connectivity index (χ0v) is 14.6. The number of rotatable bonds is 7. The second kappa shape index (κ2) is 10.0. The van der Waals surface area contributed by atoms with Crippen molar-refractivity contribution in [2.24, 2.45) is 4.99 Å². The molecule has 0 atom stereocenters. The SMILES string of the molecule is N#CCCNC(=O)COC(=O)c1ccccc1CSC1=NCCS1. The largest absolute Gasteiger partial charge is 0.452 e. The molecule has 2 rings (SSSR count). The summed E-state index contributed by atoms with van der Waals surface area (Å²) in [6.45, 7) is 0.742. The van der Waals surface area contributed by atoms with Gasteiger partial charge in [0.1, 0.15) is 4.38 Å². The molecule has 1 N–H and O–H groups in total. The summed E-state index contributed by atoms with van der Waals surface area (Å²) in [6.07, 6.45) is 0.224. The molecule has 0 fully saturated rings. The van der Waals surface area contributed by atoms with Gasteiger partial charge in [-0.15, -0.1) is 0 Å². The van der Waals surface area contributed by atoms with Gasteiger partial charge in [-0.25, -0.2) is 4.79 Å². The number of amides is 1. The number of nitrogens with zero attached hydrogens (tertiary/aromatic N) is 2. The maximum Gasteiger partial charge on any atom is 0.338 e. The molecule has 1 amide bonds. The zero-order chi connectivity index (χ0) is 17.2. The van der Waals surface area contributed by atoms with Crippen molar-refractivity contribution >= 4 is 39.8 Å². The van der Waals surface area contributed by atoms with Crippen LogP contribution in [0.1, 0.15) is 22.3 Å². The minimum Gasteiger partial charge on any atom is -0.452 e. The second-order valence-electron chi connectivity index (χ2n) is 4.78. The molecule has 126 valence electrons. The van der Waals surface area contributed by atoms with Gasteiger partial charge in [0.05, 0.1) is 24.6 Å². The van der Waals surface area contributed by atoms with Gasteiger partial charge in [0.25, 0.3) is 5.91 Å². The van der Waals surface area contributed by atoms with Gasteiger partial charge in [-0.2, -0.15) is 5.26 Å². The van der Waals surface area contributed by atoms with E-state index in [2.05, 4.69) is 10.3 Å². The Hall–Kier alpha value is -1.98. The van der Waals surface area contributed by atoms with E-state index in [9.17, 15) is 9.59 Å². The van der Waals surface area contributed by atoms with Crippen molar-refractivity contribution in [2.75, 3.05) is 25.4 Å². The Kier molecular flexibility index (Phi) is 7.65. The number of hydrogen-bond donors (Lipinski definition) is 1. The summed E-state index contributed by atoms with van der Waals surface area (Å²) >= 11 is 3.32. The Morgan fingerprint density at radius 2 is 2.25 bits per heavy atom. The fraction of sp³-hybridized carbons (Fsp3) is 0.375. The van der Waals surface area contributed by atoms with Crippen molar-refractivity contribution in [3.63, 3.8) is 0 Å². The van der Waals surface area contributed by atoms with Crippen molar-refractivity contribution in [2.45, 2.75) is 12.2 Å². The van der Waals surface area contributed by atoms with Crippen molar-refractivity contribution in [1.82, 2.24) is 5.32 Å². The Balaban J connectivity index is 1.87. The van der Waals surface area contributed by atoms with Crippen LogP contribution in [0.3, 0.4) is 0 Å². The first-order chi connectivity index (χ1) is 11.7. The van der Waals surface area contributed by atoms with Crippen molar-refractivity contribution in [3.8, 4) is 6.07 Å². The lowest BCUT2D eigenvalue weighted by Gasteiger charge is -2.09. The molecule has 1 aliphatic heterocycles. The van der Waals surface area contributed by atoms with Gasteiger partial charge in [-0.05, 0) is 11.6 Å². The standard InChI is InChI=1S/C16H17N3O3S2/c17-6-3-7-18-14(20)10-22-15(21)13-5-2-1-4-12(13)11-24-16-19-8-9-23-16/h1-2,4-5H,3,7-11H2,(H,18,20). The number of esters is 1. The number of aliphatic imine (C=N–C) groups is 1. The third-order valence-corrected chi connectivity index (χ3v) is 5.34. The van der Waals surface area contributed by atoms with Crippen LogP contribution in [0.25, 0.3) is 0 Å². The summed E-state index contributed by atoms with van der Waals surface area (Å²) in [5.41, 5.74) is 1.31. The Morgan fingerprint density at radius 1 is 1.42 bits per heavy atom. The van der Waals surface area contributed by atoms with Crippen LogP contribution in [0.15, 0.2) is 29.3 Å². The maximum atomic E-state index is 12.2. The Morgan fingerprint density at radius 3 is 3.00 bits per heavy atom. The molecule has 1 aliphatic rings. The van der Waals surface area contributed by atoms with Crippen molar-refractivity contribution in [3.05, 3.63) is 35.4 Å². The highest BCUT2D eigenvalue weighted by atomic mass is 32.2. The number of ether oxygens (including phenoxy) is 1. The van der Waals surface area contributed by atoms with Crippen LogP contribution in [-0.2, 0) is 15.3 Å². The lowest BCUT2D eigenvalue weighted by atomic mass is 10.1. The summed E-state index contributed by atoms with van der Waals surface area (Å²) in [5, 5.41) is 10.9. The molecule has 0 radical (unpaired) electrons. The van der Waals surface area contributed by atoms with E-state index in [1.807, 2.05) is 18.2 Å². The quantitative estimate of drug-likeness (QED) is 0.590. The molecule has 6 nitrogen and oxygen atoms in total. The molecule has 0 saturated heterocycles. The molecule has 0 unspecified atom stereocenters. The molecule has 1 aromatic carbocycles. The van der Waals surface area contributed by atoms with Gasteiger partial charge in [0.15, 0.2) is 6.61 Å². The molecule has 0 aliphatic carbocycles. The van der Waals surface area contributed by atoms with Gasteiger partial charge in [0, 0.05) is 18.1 Å². The fourth-order valence-corrected chi connectivity index (χ4v) is 3.92. The lowest BCUT2D eigenvalue weighted by Crippen LogP contribution is -2.29. The molecule has 0 aromatic heterocycles. The molecule has 1 aromatic rings. The number of carbonyl (C=O) groups is 2. The van der Waals surface area contributed by atoms with E-state index in [1.165, 1.54) is 0 Å². The molecular formula is C16H17N3O3S2. The van der Waals surface area contributed by atoms with E-state index in [4.69, 9.17) is 10.00 Å². The monoisotopic (exact) mass is 363 g/mol. The molecule has 24 heavy (non-hydrogen) atoms. The summed E-state index contributed by atoms with van der Waals surface area (Å²) in [4.78, 5) is 28.1. The van der Waals surface area contributed by atoms with E-state index in [1.54, 1.807) is 35.7 Å². The molecule has 0 spiro atoms. The van der Waals surface area contributed by atoms with Crippen molar-refractivity contribution < 1.29 is 14.3 Å². The highest BCUT2D eigenvalue weighted by molar-refractivity contribution is 8.38. The first kappa shape index (κ1) is 18.4. The minimum atomic E-state index is -0.525. The van der Waals surface area contributed by atoms with Crippen LogP contribution in [0.2, 0.25) is 0 Å². The summed E-state index contributed by atoms with van der Waals surface area (Å²) in [7, 11) is 0.